The third kappa shape index (κ3) is 5.95. The number of amides is 2. The summed E-state index contributed by atoms with van der Waals surface area (Å²) in [6.07, 6.45) is 1.74. The second kappa shape index (κ2) is 9.36. The molecule has 0 saturated heterocycles. The molecule has 0 spiro atoms. The highest BCUT2D eigenvalue weighted by atomic mass is 16.2. The van der Waals surface area contributed by atoms with E-state index in [9.17, 15) is 9.59 Å². The number of carbonyl (C=O) groups excluding carboxylic acids is 2. The monoisotopic (exact) mass is 366 g/mol. The molecule has 0 atom stereocenters. The van der Waals surface area contributed by atoms with Crippen LogP contribution in [0.5, 0.6) is 0 Å². The largest absolute Gasteiger partial charge is 0.355 e. The lowest BCUT2D eigenvalue weighted by Crippen LogP contribution is -2.45. The number of benzene rings is 2. The molecule has 0 heterocycles. The molecule has 0 aliphatic rings. The van der Waals surface area contributed by atoms with E-state index in [4.69, 9.17) is 0 Å². The second-order valence-corrected chi connectivity index (χ2v) is 7.70. The lowest BCUT2D eigenvalue weighted by molar-refractivity contribution is -0.138. The molecule has 2 aromatic carbocycles. The van der Waals surface area contributed by atoms with Crippen LogP contribution in [-0.4, -0.2) is 18.4 Å². The predicted octanol–water partition coefficient (Wildman–Crippen LogP) is 4.52. The van der Waals surface area contributed by atoms with Crippen LogP contribution in [0, 0.1) is 5.41 Å². The molecule has 0 saturated carbocycles. The molecular formula is C23H30N2O2. The Morgan fingerprint density at radius 2 is 1.56 bits per heavy atom. The number of hydrogen-bond donors (Lipinski definition) is 2. The van der Waals surface area contributed by atoms with E-state index < -0.39 is 5.41 Å². The maximum Gasteiger partial charge on any atom is 0.239 e. The number of nitrogens with one attached hydrogen (secondary N) is 2. The first-order valence-electron chi connectivity index (χ1n) is 9.54. The molecule has 0 radical (unpaired) electrons. The summed E-state index contributed by atoms with van der Waals surface area (Å²) in [6.45, 7) is 8.10. The molecule has 2 N–H and O–H groups in total. The minimum absolute atomic E-state index is 0.258. The molecular weight excluding hydrogens is 336 g/mol. The van der Waals surface area contributed by atoms with Gasteiger partial charge in [-0.2, -0.15) is 0 Å². The number of aryl methyl sites for hydroxylation is 1. The van der Waals surface area contributed by atoms with E-state index >= 15 is 0 Å². The van der Waals surface area contributed by atoms with Gasteiger partial charge in [0.1, 0.15) is 5.41 Å². The molecule has 0 fully saturated rings. The van der Waals surface area contributed by atoms with Crippen molar-refractivity contribution in [3.63, 3.8) is 0 Å². The Hall–Kier alpha value is -2.62. The SMILES string of the molecule is CC(C)c1ccc(NC(=O)C(C)(C)C(=O)NCCCc2ccccc2)cc1. The second-order valence-electron chi connectivity index (χ2n) is 7.70. The summed E-state index contributed by atoms with van der Waals surface area (Å²) >= 11 is 0. The van der Waals surface area contributed by atoms with Gasteiger partial charge in [0.05, 0.1) is 0 Å². The molecule has 0 aliphatic heterocycles. The van der Waals surface area contributed by atoms with E-state index in [1.807, 2.05) is 42.5 Å². The van der Waals surface area contributed by atoms with E-state index in [-0.39, 0.29) is 11.8 Å². The first-order valence-corrected chi connectivity index (χ1v) is 9.54. The van der Waals surface area contributed by atoms with Gasteiger partial charge in [-0.1, -0.05) is 56.3 Å². The van der Waals surface area contributed by atoms with Gasteiger partial charge < -0.3 is 10.6 Å². The minimum Gasteiger partial charge on any atom is -0.355 e. The van der Waals surface area contributed by atoms with Crippen LogP contribution >= 0.6 is 0 Å². The van der Waals surface area contributed by atoms with Crippen LogP contribution in [0.1, 0.15) is 51.2 Å². The van der Waals surface area contributed by atoms with Crippen molar-refractivity contribution in [3.8, 4) is 0 Å². The Bertz CT molecular complexity index is 750. The van der Waals surface area contributed by atoms with Crippen molar-refractivity contribution in [2.75, 3.05) is 11.9 Å². The van der Waals surface area contributed by atoms with Gasteiger partial charge >= 0.3 is 0 Å². The highest BCUT2D eigenvalue weighted by Crippen LogP contribution is 2.21. The zero-order valence-corrected chi connectivity index (χ0v) is 16.7. The van der Waals surface area contributed by atoms with Crippen molar-refractivity contribution in [2.24, 2.45) is 5.41 Å². The summed E-state index contributed by atoms with van der Waals surface area (Å²) in [5, 5.41) is 5.73. The number of carbonyl (C=O) groups is 2. The fraction of sp³-hybridized carbons (Fsp3) is 0.391. The highest BCUT2D eigenvalue weighted by molar-refractivity contribution is 6.09. The number of hydrogen-bond acceptors (Lipinski definition) is 2. The quantitative estimate of drug-likeness (QED) is 0.533. The van der Waals surface area contributed by atoms with Crippen LogP contribution < -0.4 is 10.6 Å². The van der Waals surface area contributed by atoms with Crippen molar-refractivity contribution >= 4 is 17.5 Å². The Morgan fingerprint density at radius 1 is 0.926 bits per heavy atom. The van der Waals surface area contributed by atoms with Crippen LogP contribution in [-0.2, 0) is 16.0 Å². The van der Waals surface area contributed by atoms with Crippen molar-refractivity contribution < 1.29 is 9.59 Å². The average molecular weight is 367 g/mol. The molecule has 4 nitrogen and oxygen atoms in total. The van der Waals surface area contributed by atoms with Crippen LogP contribution in [0.4, 0.5) is 5.69 Å². The maximum atomic E-state index is 12.6. The standard InChI is InChI=1S/C23H30N2O2/c1-17(2)19-12-14-20(15-13-19)25-22(27)23(3,4)21(26)24-16-8-11-18-9-6-5-7-10-18/h5-7,9-10,12-15,17H,8,11,16H2,1-4H3,(H,24,26)(H,25,27). The van der Waals surface area contributed by atoms with E-state index in [1.165, 1.54) is 11.1 Å². The Balaban J connectivity index is 1.83. The normalized spacial score (nSPS) is 11.3. The van der Waals surface area contributed by atoms with Crippen LogP contribution in [0.2, 0.25) is 0 Å². The Morgan fingerprint density at radius 3 is 2.15 bits per heavy atom. The van der Waals surface area contributed by atoms with Crippen molar-refractivity contribution in [2.45, 2.75) is 46.5 Å². The summed E-state index contributed by atoms with van der Waals surface area (Å²) in [5.41, 5.74) is 2.02. The van der Waals surface area contributed by atoms with Gasteiger partial charge in [0.15, 0.2) is 0 Å². The molecule has 0 bridgehead atoms. The van der Waals surface area contributed by atoms with Gasteiger partial charge in [0.2, 0.25) is 11.8 Å². The van der Waals surface area contributed by atoms with Gasteiger partial charge in [0, 0.05) is 12.2 Å². The maximum absolute atomic E-state index is 12.6. The van der Waals surface area contributed by atoms with Crippen LogP contribution in [0.15, 0.2) is 54.6 Å². The third-order valence-electron chi connectivity index (χ3n) is 4.74. The van der Waals surface area contributed by atoms with Gasteiger partial charge in [0.25, 0.3) is 0 Å². The fourth-order valence-corrected chi connectivity index (χ4v) is 2.70. The summed E-state index contributed by atoms with van der Waals surface area (Å²) in [4.78, 5) is 25.1. The fourth-order valence-electron chi connectivity index (χ4n) is 2.70. The van der Waals surface area contributed by atoms with Gasteiger partial charge in [-0.3, -0.25) is 9.59 Å². The lowest BCUT2D eigenvalue weighted by Gasteiger charge is -2.23. The predicted molar refractivity (Wildman–Crippen MR) is 111 cm³/mol. The van der Waals surface area contributed by atoms with Crippen molar-refractivity contribution in [1.82, 2.24) is 5.32 Å². The van der Waals surface area contributed by atoms with E-state index in [2.05, 4.69) is 36.6 Å². The lowest BCUT2D eigenvalue weighted by atomic mass is 9.90. The Kier molecular flexibility index (Phi) is 7.17. The average Bonchev–Trinajstić information content (AvgIpc) is 2.66. The topological polar surface area (TPSA) is 58.2 Å². The van der Waals surface area contributed by atoms with Crippen molar-refractivity contribution in [3.05, 3.63) is 65.7 Å². The van der Waals surface area contributed by atoms with Gasteiger partial charge in [-0.25, -0.2) is 0 Å². The molecule has 0 aliphatic carbocycles. The zero-order chi connectivity index (χ0) is 19.9. The van der Waals surface area contributed by atoms with E-state index in [0.29, 0.717) is 18.2 Å². The van der Waals surface area contributed by atoms with Crippen molar-refractivity contribution in [1.29, 1.82) is 0 Å². The molecule has 2 rings (SSSR count). The number of rotatable bonds is 8. The van der Waals surface area contributed by atoms with E-state index in [0.717, 1.165) is 12.8 Å². The Labute approximate surface area is 162 Å². The molecule has 0 unspecified atom stereocenters. The zero-order valence-electron chi connectivity index (χ0n) is 16.7. The van der Waals surface area contributed by atoms with Gasteiger partial charge in [-0.15, -0.1) is 0 Å². The first kappa shape index (κ1) is 20.7. The first-order chi connectivity index (χ1) is 12.8. The van der Waals surface area contributed by atoms with Crippen LogP contribution in [0.25, 0.3) is 0 Å². The molecule has 4 heteroatoms. The molecule has 144 valence electrons. The highest BCUT2D eigenvalue weighted by Gasteiger charge is 2.35. The summed E-state index contributed by atoms with van der Waals surface area (Å²) < 4.78 is 0. The summed E-state index contributed by atoms with van der Waals surface area (Å²) in [6, 6.07) is 17.9. The molecule has 0 aromatic heterocycles. The number of anilines is 1. The van der Waals surface area contributed by atoms with Crippen LogP contribution in [0.3, 0.4) is 0 Å². The molecule has 2 amide bonds. The molecule has 27 heavy (non-hydrogen) atoms. The summed E-state index contributed by atoms with van der Waals surface area (Å²) in [5.74, 6) is -0.125. The smallest absolute Gasteiger partial charge is 0.239 e. The van der Waals surface area contributed by atoms with Gasteiger partial charge in [-0.05, 0) is 55.9 Å². The third-order valence-corrected chi connectivity index (χ3v) is 4.74. The van der Waals surface area contributed by atoms with E-state index in [1.54, 1.807) is 13.8 Å². The minimum atomic E-state index is -1.14. The summed E-state index contributed by atoms with van der Waals surface area (Å²) in [7, 11) is 0. The molecule has 2 aromatic rings.